The van der Waals surface area contributed by atoms with Crippen molar-refractivity contribution in [2.24, 2.45) is 0 Å². The number of amides is 1. The van der Waals surface area contributed by atoms with Crippen molar-refractivity contribution in [3.8, 4) is 23.0 Å². The Morgan fingerprint density at radius 1 is 1.13 bits per heavy atom. The minimum absolute atomic E-state index is 0.0664. The lowest BCUT2D eigenvalue weighted by molar-refractivity contribution is -0.131. The Kier molecular flexibility index (Phi) is 7.72. The van der Waals surface area contributed by atoms with Crippen LogP contribution in [0.1, 0.15) is 23.7 Å². The SMILES string of the molecule is COc1cc(C=CCCNC(=O)C(OC)c2ccc3c(c2)OCCO3)cc(F)c1OC. The van der Waals surface area contributed by atoms with Crippen LogP contribution in [0.5, 0.6) is 23.0 Å². The average Bonchev–Trinajstić information content (AvgIpc) is 2.78. The van der Waals surface area contributed by atoms with Gasteiger partial charge in [-0.15, -0.1) is 0 Å². The van der Waals surface area contributed by atoms with Gasteiger partial charge in [0.1, 0.15) is 13.2 Å². The molecule has 0 saturated carbocycles. The van der Waals surface area contributed by atoms with E-state index in [1.54, 1.807) is 30.3 Å². The quantitative estimate of drug-likeness (QED) is 0.613. The molecule has 2 aromatic rings. The Balaban J connectivity index is 1.55. The topological polar surface area (TPSA) is 75.3 Å². The van der Waals surface area contributed by atoms with Gasteiger partial charge in [-0.2, -0.15) is 0 Å². The molecule has 0 saturated heterocycles. The highest BCUT2D eigenvalue weighted by Crippen LogP contribution is 2.34. The van der Waals surface area contributed by atoms with Crippen LogP contribution >= 0.6 is 0 Å². The molecule has 0 fully saturated rings. The Bertz CT molecular complexity index is 946. The highest BCUT2D eigenvalue weighted by Gasteiger charge is 2.22. The van der Waals surface area contributed by atoms with Crippen LogP contribution in [0.3, 0.4) is 0 Å². The molecule has 1 unspecified atom stereocenters. The molecular formula is C23H26FNO6. The van der Waals surface area contributed by atoms with Crippen molar-refractivity contribution in [1.29, 1.82) is 0 Å². The molecule has 0 aromatic heterocycles. The minimum Gasteiger partial charge on any atom is -0.493 e. The number of carbonyl (C=O) groups excluding carboxylic acids is 1. The molecule has 1 aliphatic rings. The number of hydrogen-bond acceptors (Lipinski definition) is 6. The lowest BCUT2D eigenvalue weighted by Crippen LogP contribution is -2.31. The number of rotatable bonds is 9. The number of benzene rings is 2. The van der Waals surface area contributed by atoms with Gasteiger partial charge in [0.05, 0.1) is 14.2 Å². The molecule has 166 valence electrons. The van der Waals surface area contributed by atoms with Crippen molar-refractivity contribution in [3.05, 3.63) is 53.4 Å². The zero-order chi connectivity index (χ0) is 22.2. The first-order chi connectivity index (χ1) is 15.1. The van der Waals surface area contributed by atoms with Crippen LogP contribution in [0.2, 0.25) is 0 Å². The molecule has 1 aliphatic heterocycles. The summed E-state index contributed by atoms with van der Waals surface area (Å²) in [6.07, 6.45) is 3.39. The molecule has 0 aliphatic carbocycles. The van der Waals surface area contributed by atoms with Gasteiger partial charge in [0.2, 0.25) is 0 Å². The number of nitrogens with one attached hydrogen (secondary N) is 1. The van der Waals surface area contributed by atoms with Gasteiger partial charge in [-0.05, 0) is 41.8 Å². The predicted octanol–water partition coefficient (Wildman–Crippen LogP) is 3.52. The minimum atomic E-state index is -0.764. The van der Waals surface area contributed by atoms with Crippen molar-refractivity contribution >= 4 is 12.0 Å². The Hall–Kier alpha value is -3.26. The van der Waals surface area contributed by atoms with Crippen molar-refractivity contribution in [1.82, 2.24) is 5.32 Å². The maximum atomic E-state index is 14.0. The van der Waals surface area contributed by atoms with E-state index >= 15 is 0 Å². The number of fused-ring (bicyclic) bond motifs is 1. The van der Waals surface area contributed by atoms with Crippen molar-refractivity contribution in [2.75, 3.05) is 41.1 Å². The van der Waals surface area contributed by atoms with E-state index < -0.39 is 11.9 Å². The zero-order valence-electron chi connectivity index (χ0n) is 17.8. The second-order valence-corrected chi connectivity index (χ2v) is 6.74. The lowest BCUT2D eigenvalue weighted by atomic mass is 10.1. The summed E-state index contributed by atoms with van der Waals surface area (Å²) in [7, 11) is 4.32. The number of methoxy groups -OCH3 is 3. The maximum absolute atomic E-state index is 14.0. The molecule has 8 heteroatoms. The van der Waals surface area contributed by atoms with Gasteiger partial charge in [0.25, 0.3) is 5.91 Å². The summed E-state index contributed by atoms with van der Waals surface area (Å²) in [4.78, 5) is 12.6. The van der Waals surface area contributed by atoms with E-state index in [-0.39, 0.29) is 11.7 Å². The summed E-state index contributed by atoms with van der Waals surface area (Å²) in [6.45, 7) is 1.37. The van der Waals surface area contributed by atoms with E-state index in [9.17, 15) is 9.18 Å². The van der Waals surface area contributed by atoms with Gasteiger partial charge in [-0.1, -0.05) is 18.2 Å². The fourth-order valence-electron chi connectivity index (χ4n) is 3.24. The Labute approximate surface area is 180 Å². The molecule has 1 atom stereocenters. The fourth-order valence-corrected chi connectivity index (χ4v) is 3.24. The third kappa shape index (κ3) is 5.46. The lowest BCUT2D eigenvalue weighted by Gasteiger charge is -2.21. The first-order valence-corrected chi connectivity index (χ1v) is 9.85. The van der Waals surface area contributed by atoms with Gasteiger partial charge in [-0.25, -0.2) is 4.39 Å². The zero-order valence-corrected chi connectivity index (χ0v) is 17.8. The number of carbonyl (C=O) groups is 1. The summed E-state index contributed by atoms with van der Waals surface area (Å²) >= 11 is 0. The molecule has 1 heterocycles. The standard InChI is InChI=1S/C23H26FNO6/c1-27-20-13-15(12-17(24)22(20)29-3)6-4-5-9-25-23(26)21(28-2)16-7-8-18-19(14-16)31-11-10-30-18/h4,6-8,12-14,21H,5,9-11H2,1-3H3,(H,25,26). The van der Waals surface area contributed by atoms with E-state index in [0.717, 1.165) is 0 Å². The Morgan fingerprint density at radius 3 is 2.61 bits per heavy atom. The van der Waals surface area contributed by atoms with E-state index in [2.05, 4.69) is 5.32 Å². The summed E-state index contributed by atoms with van der Waals surface area (Å²) in [6, 6.07) is 8.35. The van der Waals surface area contributed by atoms with E-state index in [4.69, 9.17) is 23.7 Å². The first-order valence-electron chi connectivity index (χ1n) is 9.85. The van der Waals surface area contributed by atoms with Crippen molar-refractivity contribution in [3.63, 3.8) is 0 Å². The normalized spacial score (nSPS) is 13.7. The highest BCUT2D eigenvalue weighted by molar-refractivity contribution is 5.82. The first kappa shape index (κ1) is 22.4. The van der Waals surface area contributed by atoms with E-state index in [0.29, 0.717) is 54.6 Å². The van der Waals surface area contributed by atoms with Crippen LogP contribution in [0.25, 0.3) is 6.08 Å². The maximum Gasteiger partial charge on any atom is 0.253 e. The second kappa shape index (κ2) is 10.7. The second-order valence-electron chi connectivity index (χ2n) is 6.74. The third-order valence-corrected chi connectivity index (χ3v) is 4.72. The molecule has 7 nitrogen and oxygen atoms in total. The van der Waals surface area contributed by atoms with Crippen LogP contribution in [0.4, 0.5) is 4.39 Å². The summed E-state index contributed by atoms with van der Waals surface area (Å²) in [5, 5.41) is 2.84. The summed E-state index contributed by atoms with van der Waals surface area (Å²) in [5.41, 5.74) is 1.31. The number of hydrogen-bond donors (Lipinski definition) is 1. The monoisotopic (exact) mass is 431 g/mol. The molecule has 1 amide bonds. The molecular weight excluding hydrogens is 405 g/mol. The van der Waals surface area contributed by atoms with Gasteiger partial charge < -0.3 is 29.0 Å². The van der Waals surface area contributed by atoms with Crippen LogP contribution in [0.15, 0.2) is 36.4 Å². The molecule has 0 bridgehead atoms. The van der Waals surface area contributed by atoms with Crippen molar-refractivity contribution in [2.45, 2.75) is 12.5 Å². The average molecular weight is 431 g/mol. The smallest absolute Gasteiger partial charge is 0.253 e. The summed E-state index contributed by atoms with van der Waals surface area (Å²) < 4.78 is 40.6. The fraction of sp³-hybridized carbons (Fsp3) is 0.348. The number of halogens is 1. The van der Waals surface area contributed by atoms with Crippen LogP contribution < -0.4 is 24.3 Å². The highest BCUT2D eigenvalue weighted by atomic mass is 19.1. The summed E-state index contributed by atoms with van der Waals surface area (Å²) in [5.74, 6) is 0.877. The third-order valence-electron chi connectivity index (χ3n) is 4.72. The molecule has 1 N–H and O–H groups in total. The molecule has 0 spiro atoms. The van der Waals surface area contributed by atoms with Gasteiger partial charge in [-0.3, -0.25) is 4.79 Å². The predicted molar refractivity (Wildman–Crippen MR) is 113 cm³/mol. The van der Waals surface area contributed by atoms with Gasteiger partial charge in [0, 0.05) is 13.7 Å². The molecule has 2 aromatic carbocycles. The number of ether oxygens (including phenoxy) is 5. The molecule has 0 radical (unpaired) electrons. The van der Waals surface area contributed by atoms with Crippen LogP contribution in [-0.4, -0.2) is 47.0 Å². The van der Waals surface area contributed by atoms with Crippen LogP contribution in [0, 0.1) is 5.82 Å². The van der Waals surface area contributed by atoms with Crippen molar-refractivity contribution < 1.29 is 32.9 Å². The van der Waals surface area contributed by atoms with E-state index in [1.165, 1.54) is 27.4 Å². The Morgan fingerprint density at radius 2 is 1.90 bits per heavy atom. The molecule has 3 rings (SSSR count). The largest absolute Gasteiger partial charge is 0.493 e. The van der Waals surface area contributed by atoms with E-state index in [1.807, 2.05) is 6.08 Å². The van der Waals surface area contributed by atoms with Gasteiger partial charge >= 0.3 is 0 Å². The van der Waals surface area contributed by atoms with Gasteiger partial charge in [0.15, 0.2) is 34.9 Å². The molecule has 31 heavy (non-hydrogen) atoms. The van der Waals surface area contributed by atoms with Crippen LogP contribution in [-0.2, 0) is 9.53 Å².